The van der Waals surface area contributed by atoms with Crippen LogP contribution < -0.4 is 4.90 Å². The first-order chi connectivity index (χ1) is 10.1. The van der Waals surface area contributed by atoms with E-state index in [4.69, 9.17) is 4.74 Å². The summed E-state index contributed by atoms with van der Waals surface area (Å²) < 4.78 is 5.37. The van der Waals surface area contributed by atoms with Gasteiger partial charge in [0.2, 0.25) is 0 Å². The fourth-order valence-corrected chi connectivity index (χ4v) is 3.65. The van der Waals surface area contributed by atoms with Crippen molar-refractivity contribution in [2.24, 2.45) is 5.41 Å². The molecule has 108 valence electrons. The van der Waals surface area contributed by atoms with E-state index in [-0.39, 0.29) is 24.5 Å². The Labute approximate surface area is 123 Å². The number of Topliss-reactive ketones (excluding diaryl/α,β-unsaturated/α-hetero) is 1. The van der Waals surface area contributed by atoms with Gasteiger partial charge in [-0.3, -0.25) is 9.59 Å². The molecule has 1 amide bonds. The normalized spacial score (nSPS) is 31.4. The standard InChI is InChI=1S/C16H16N2O3/c1-18-13-6-4-3-5-11(13)12-7-10(19)8-14(21-2)16(12,9-17)15(18)20/h3-6,12,14H,7-8H2,1-2H3/t12-,14-,16+/m0/s1. The summed E-state index contributed by atoms with van der Waals surface area (Å²) in [6.45, 7) is 0. The second-order valence-corrected chi connectivity index (χ2v) is 5.63. The molecule has 1 saturated carbocycles. The van der Waals surface area contributed by atoms with Gasteiger partial charge in [0.15, 0.2) is 5.41 Å². The van der Waals surface area contributed by atoms with Crippen LogP contribution in [0.1, 0.15) is 24.3 Å². The van der Waals surface area contributed by atoms with E-state index in [1.54, 1.807) is 7.05 Å². The molecule has 1 aromatic rings. The molecule has 21 heavy (non-hydrogen) atoms. The van der Waals surface area contributed by atoms with E-state index < -0.39 is 17.4 Å². The minimum absolute atomic E-state index is 0.0323. The molecule has 0 unspecified atom stereocenters. The van der Waals surface area contributed by atoms with Gasteiger partial charge in [-0.15, -0.1) is 0 Å². The number of rotatable bonds is 1. The molecule has 3 atom stereocenters. The fraction of sp³-hybridized carbons (Fsp3) is 0.438. The number of nitrogens with zero attached hydrogens (tertiary/aromatic N) is 2. The molecule has 2 aliphatic rings. The minimum atomic E-state index is -1.31. The Hall–Kier alpha value is -2.19. The lowest BCUT2D eigenvalue weighted by molar-refractivity contribution is -0.143. The Morgan fingerprint density at radius 3 is 2.71 bits per heavy atom. The number of nitriles is 1. The third-order valence-electron chi connectivity index (χ3n) is 4.70. The molecule has 0 aromatic heterocycles. The summed E-state index contributed by atoms with van der Waals surface area (Å²) >= 11 is 0. The topological polar surface area (TPSA) is 70.4 Å². The second-order valence-electron chi connectivity index (χ2n) is 5.63. The number of ether oxygens (including phenoxy) is 1. The van der Waals surface area contributed by atoms with Crippen LogP contribution in [0.25, 0.3) is 0 Å². The molecule has 0 N–H and O–H groups in total. The van der Waals surface area contributed by atoms with Crippen LogP contribution in [-0.4, -0.2) is 32.0 Å². The van der Waals surface area contributed by atoms with E-state index in [2.05, 4.69) is 6.07 Å². The monoisotopic (exact) mass is 284 g/mol. The van der Waals surface area contributed by atoms with E-state index in [0.29, 0.717) is 0 Å². The molecule has 1 aromatic carbocycles. The predicted octanol–water partition coefficient (Wildman–Crippen LogP) is 1.63. The van der Waals surface area contributed by atoms with Crippen molar-refractivity contribution < 1.29 is 14.3 Å². The highest BCUT2D eigenvalue weighted by Gasteiger charge is 2.60. The van der Waals surface area contributed by atoms with Crippen LogP contribution in [0.2, 0.25) is 0 Å². The highest BCUT2D eigenvalue weighted by Crippen LogP contribution is 2.53. The second kappa shape index (κ2) is 4.68. The van der Waals surface area contributed by atoms with Crippen molar-refractivity contribution in [2.45, 2.75) is 24.9 Å². The number of carbonyl (C=O) groups excluding carboxylic acids is 2. The van der Waals surface area contributed by atoms with Crippen LogP contribution in [0, 0.1) is 16.7 Å². The van der Waals surface area contributed by atoms with Gasteiger partial charge in [0.05, 0.1) is 12.2 Å². The molecule has 1 fully saturated rings. The molecule has 1 aliphatic heterocycles. The molecule has 1 aliphatic carbocycles. The van der Waals surface area contributed by atoms with Gasteiger partial charge in [-0.25, -0.2) is 0 Å². The average Bonchev–Trinajstić information content (AvgIpc) is 2.52. The lowest BCUT2D eigenvalue weighted by Crippen LogP contribution is -2.58. The highest BCUT2D eigenvalue weighted by molar-refractivity contribution is 6.05. The van der Waals surface area contributed by atoms with Crippen molar-refractivity contribution >= 4 is 17.4 Å². The summed E-state index contributed by atoms with van der Waals surface area (Å²) in [6, 6.07) is 9.64. The van der Waals surface area contributed by atoms with Gasteiger partial charge in [-0.2, -0.15) is 5.26 Å². The van der Waals surface area contributed by atoms with Gasteiger partial charge >= 0.3 is 0 Å². The molecule has 0 radical (unpaired) electrons. The summed E-state index contributed by atoms with van der Waals surface area (Å²) in [5, 5.41) is 9.79. The van der Waals surface area contributed by atoms with Crippen molar-refractivity contribution in [2.75, 3.05) is 19.1 Å². The van der Waals surface area contributed by atoms with Gasteiger partial charge in [0.25, 0.3) is 5.91 Å². The first kappa shape index (κ1) is 13.8. The van der Waals surface area contributed by atoms with Crippen molar-refractivity contribution in [3.63, 3.8) is 0 Å². The van der Waals surface area contributed by atoms with E-state index in [0.717, 1.165) is 11.3 Å². The van der Waals surface area contributed by atoms with Crippen LogP contribution in [0.3, 0.4) is 0 Å². The van der Waals surface area contributed by atoms with Crippen LogP contribution in [-0.2, 0) is 14.3 Å². The number of methoxy groups -OCH3 is 1. The average molecular weight is 284 g/mol. The van der Waals surface area contributed by atoms with Gasteiger partial charge in [0, 0.05) is 38.6 Å². The quantitative estimate of drug-likeness (QED) is 0.786. The maximum absolute atomic E-state index is 12.9. The van der Waals surface area contributed by atoms with Crippen LogP contribution in [0.4, 0.5) is 5.69 Å². The van der Waals surface area contributed by atoms with Crippen molar-refractivity contribution in [3.8, 4) is 6.07 Å². The summed E-state index contributed by atoms with van der Waals surface area (Å²) in [5.41, 5.74) is 0.324. The van der Waals surface area contributed by atoms with Crippen LogP contribution >= 0.6 is 0 Å². The molecule has 0 saturated heterocycles. The molecule has 1 heterocycles. The number of ketones is 1. The first-order valence-electron chi connectivity index (χ1n) is 6.89. The Balaban J connectivity index is 2.27. The largest absolute Gasteiger partial charge is 0.379 e. The lowest BCUT2D eigenvalue weighted by atomic mass is 9.59. The molecule has 5 heteroatoms. The van der Waals surface area contributed by atoms with Crippen molar-refractivity contribution in [3.05, 3.63) is 29.8 Å². The maximum Gasteiger partial charge on any atom is 0.250 e. The van der Waals surface area contributed by atoms with Gasteiger partial charge < -0.3 is 9.64 Å². The van der Waals surface area contributed by atoms with E-state index in [1.165, 1.54) is 12.0 Å². The molecular formula is C16H16N2O3. The smallest absolute Gasteiger partial charge is 0.250 e. The van der Waals surface area contributed by atoms with Gasteiger partial charge in [-0.05, 0) is 11.6 Å². The number of benzene rings is 1. The Kier molecular flexibility index (Phi) is 3.07. The third kappa shape index (κ3) is 1.66. The van der Waals surface area contributed by atoms with Gasteiger partial charge in [-0.1, -0.05) is 18.2 Å². The van der Waals surface area contributed by atoms with E-state index in [1.807, 2.05) is 24.3 Å². The molecule has 0 bridgehead atoms. The zero-order valence-corrected chi connectivity index (χ0v) is 12.0. The Morgan fingerprint density at radius 1 is 1.33 bits per heavy atom. The summed E-state index contributed by atoms with van der Waals surface area (Å²) in [5.74, 6) is -0.688. The summed E-state index contributed by atoms with van der Waals surface area (Å²) in [4.78, 5) is 26.4. The lowest BCUT2D eigenvalue weighted by Gasteiger charge is -2.48. The van der Waals surface area contributed by atoms with Crippen molar-refractivity contribution in [1.82, 2.24) is 0 Å². The van der Waals surface area contributed by atoms with E-state index in [9.17, 15) is 14.9 Å². The van der Waals surface area contributed by atoms with Crippen LogP contribution in [0.15, 0.2) is 24.3 Å². The summed E-state index contributed by atoms with van der Waals surface area (Å²) in [7, 11) is 3.12. The Morgan fingerprint density at radius 2 is 2.05 bits per heavy atom. The fourth-order valence-electron chi connectivity index (χ4n) is 3.65. The number of para-hydroxylation sites is 1. The highest BCUT2D eigenvalue weighted by atomic mass is 16.5. The molecule has 0 spiro atoms. The molecule has 5 nitrogen and oxygen atoms in total. The predicted molar refractivity (Wildman–Crippen MR) is 75.7 cm³/mol. The molecular weight excluding hydrogens is 268 g/mol. The zero-order valence-electron chi connectivity index (χ0n) is 12.0. The SMILES string of the molecule is CO[C@H]1CC(=O)C[C@H]2c3ccccc3N(C)C(=O)[C@@]12C#N. The van der Waals surface area contributed by atoms with Crippen molar-refractivity contribution in [1.29, 1.82) is 5.26 Å². The number of amides is 1. The van der Waals surface area contributed by atoms with Crippen LogP contribution in [0.5, 0.6) is 0 Å². The number of anilines is 1. The van der Waals surface area contributed by atoms with E-state index >= 15 is 0 Å². The number of fused-ring (bicyclic) bond motifs is 3. The molecule has 3 rings (SSSR count). The first-order valence-corrected chi connectivity index (χ1v) is 6.89. The minimum Gasteiger partial charge on any atom is -0.379 e. The van der Waals surface area contributed by atoms with Gasteiger partial charge in [0.1, 0.15) is 5.78 Å². The number of carbonyl (C=O) groups is 2. The third-order valence-corrected chi connectivity index (χ3v) is 4.70. The summed E-state index contributed by atoms with van der Waals surface area (Å²) in [6.07, 6.45) is -0.371. The maximum atomic E-state index is 12.9. The number of hydrogen-bond donors (Lipinski definition) is 0. The number of hydrogen-bond acceptors (Lipinski definition) is 4. The Bertz CT molecular complexity index is 664. The zero-order chi connectivity index (χ0) is 15.2.